The Kier molecular flexibility index (Phi) is 4.04. The molecular weight excluding hydrogens is 170 g/mol. The van der Waals surface area contributed by atoms with Gasteiger partial charge in [-0.05, 0) is 0 Å². The summed E-state index contributed by atoms with van der Waals surface area (Å²) in [6.07, 6.45) is 0. The van der Waals surface area contributed by atoms with E-state index in [1.54, 1.807) is 5.43 Å². The third kappa shape index (κ3) is 4.20. The number of amides is 2. The van der Waals surface area contributed by atoms with E-state index in [9.17, 15) is 9.59 Å². The van der Waals surface area contributed by atoms with E-state index in [2.05, 4.69) is 23.5 Å². The van der Waals surface area contributed by atoms with E-state index in [-0.39, 0.29) is 11.5 Å². The van der Waals surface area contributed by atoms with Crippen LogP contribution in [0.1, 0.15) is 0 Å². The summed E-state index contributed by atoms with van der Waals surface area (Å²) in [5.74, 6) is -1.32. The molecule has 0 saturated heterocycles. The number of thiol groups is 1. The van der Waals surface area contributed by atoms with Gasteiger partial charge in [-0.1, -0.05) is 0 Å². The normalized spacial score (nSPS) is 10.8. The van der Waals surface area contributed by atoms with Crippen molar-refractivity contribution in [2.24, 2.45) is 10.8 Å². The van der Waals surface area contributed by atoms with Crippen LogP contribution in [0.15, 0.2) is 5.10 Å². The summed E-state index contributed by atoms with van der Waals surface area (Å²) in [6, 6.07) is -0.912. The molecule has 0 spiro atoms. The average Bonchev–Trinajstić information content (AvgIpc) is 1.87. The first-order valence-corrected chi connectivity index (χ1v) is 3.17. The number of nitrogens with one attached hydrogen (secondary N) is 1. The number of carboxylic acid groups (broad SMARTS) is 1. The fraction of sp³-hybridized carbons (Fsp3) is 0.250. The minimum atomic E-state index is -1.24. The monoisotopic (exact) mass is 177 g/mol. The van der Waals surface area contributed by atoms with Crippen molar-refractivity contribution in [3.63, 3.8) is 0 Å². The van der Waals surface area contributed by atoms with E-state index < -0.39 is 12.0 Å². The van der Waals surface area contributed by atoms with Gasteiger partial charge in [0.2, 0.25) is 0 Å². The Balaban J connectivity index is 4.13. The van der Waals surface area contributed by atoms with Gasteiger partial charge in [0.1, 0.15) is 0 Å². The fourth-order valence-electron chi connectivity index (χ4n) is 0.273. The molecule has 6 nitrogen and oxygen atoms in total. The summed E-state index contributed by atoms with van der Waals surface area (Å²) >= 11 is 3.65. The molecule has 0 aromatic rings. The van der Waals surface area contributed by atoms with Crippen molar-refractivity contribution in [1.82, 2.24) is 5.43 Å². The molecule has 0 heterocycles. The van der Waals surface area contributed by atoms with E-state index in [1.165, 1.54) is 0 Å². The van der Waals surface area contributed by atoms with Crippen LogP contribution in [0.3, 0.4) is 0 Å². The molecule has 11 heavy (non-hydrogen) atoms. The summed E-state index contributed by atoms with van der Waals surface area (Å²) < 4.78 is 0. The number of rotatable bonds is 3. The number of urea groups is 1. The van der Waals surface area contributed by atoms with Crippen molar-refractivity contribution < 1.29 is 14.7 Å². The van der Waals surface area contributed by atoms with E-state index in [0.29, 0.717) is 0 Å². The number of nitrogens with two attached hydrogens (primary N) is 1. The van der Waals surface area contributed by atoms with Crippen molar-refractivity contribution in [3.8, 4) is 0 Å². The Morgan fingerprint density at radius 3 is 2.45 bits per heavy atom. The molecule has 0 unspecified atom stereocenters. The predicted octanol–water partition coefficient (Wildman–Crippen LogP) is -0.975. The van der Waals surface area contributed by atoms with Gasteiger partial charge < -0.3 is 10.8 Å². The summed E-state index contributed by atoms with van der Waals surface area (Å²) in [4.78, 5) is 20.2. The predicted molar refractivity (Wildman–Crippen MR) is 41.6 cm³/mol. The van der Waals surface area contributed by atoms with Gasteiger partial charge in [0.25, 0.3) is 0 Å². The number of carbonyl (C=O) groups excluding carboxylic acids is 1. The highest BCUT2D eigenvalue weighted by Gasteiger charge is 2.06. The lowest BCUT2D eigenvalue weighted by molar-refractivity contribution is -0.129. The smallest absolute Gasteiger partial charge is 0.352 e. The third-order valence-electron chi connectivity index (χ3n) is 0.698. The zero-order chi connectivity index (χ0) is 8.85. The Labute approximate surface area is 67.9 Å². The van der Waals surface area contributed by atoms with Crippen molar-refractivity contribution in [2.75, 3.05) is 5.75 Å². The first-order chi connectivity index (χ1) is 5.07. The van der Waals surface area contributed by atoms with Crippen LogP contribution in [0.2, 0.25) is 0 Å². The zero-order valence-electron chi connectivity index (χ0n) is 5.44. The molecular formula is C4H7N3O3S. The maximum absolute atomic E-state index is 10.2. The second-order valence-electron chi connectivity index (χ2n) is 1.50. The second-order valence-corrected chi connectivity index (χ2v) is 1.81. The molecule has 0 aliphatic carbocycles. The molecule has 4 N–H and O–H groups in total. The van der Waals surface area contributed by atoms with Gasteiger partial charge in [0, 0.05) is 5.75 Å². The molecule has 0 saturated carbocycles. The Hall–Kier alpha value is -1.24. The molecule has 0 atom stereocenters. The summed E-state index contributed by atoms with van der Waals surface area (Å²) in [5.41, 5.74) is 6.12. The van der Waals surface area contributed by atoms with Crippen LogP contribution in [0.5, 0.6) is 0 Å². The van der Waals surface area contributed by atoms with Gasteiger partial charge in [-0.15, -0.1) is 0 Å². The molecule has 0 bridgehead atoms. The largest absolute Gasteiger partial charge is 0.477 e. The number of hydrogen-bond acceptors (Lipinski definition) is 4. The molecule has 62 valence electrons. The Morgan fingerprint density at radius 2 is 2.18 bits per heavy atom. The van der Waals surface area contributed by atoms with Crippen molar-refractivity contribution in [2.45, 2.75) is 0 Å². The molecule has 0 aliphatic heterocycles. The second kappa shape index (κ2) is 4.56. The summed E-state index contributed by atoms with van der Waals surface area (Å²) in [5, 5.41) is 11.5. The molecule has 0 aromatic heterocycles. The molecule has 2 amide bonds. The Morgan fingerprint density at radius 1 is 1.64 bits per heavy atom. The SMILES string of the molecule is NC(=O)N/N=C(/CS)C(=O)O. The fourth-order valence-corrected chi connectivity index (χ4v) is 0.479. The van der Waals surface area contributed by atoms with E-state index in [4.69, 9.17) is 5.11 Å². The molecule has 0 rings (SSSR count). The van der Waals surface area contributed by atoms with Gasteiger partial charge in [-0.3, -0.25) is 0 Å². The maximum Gasteiger partial charge on any atom is 0.352 e. The lowest BCUT2D eigenvalue weighted by Crippen LogP contribution is -2.28. The first-order valence-electron chi connectivity index (χ1n) is 2.54. The minimum absolute atomic E-state index is 0.0738. The molecule has 0 aromatic carbocycles. The highest BCUT2D eigenvalue weighted by Crippen LogP contribution is 1.81. The number of nitrogens with zero attached hydrogens (tertiary/aromatic N) is 1. The Bertz CT molecular complexity index is 203. The minimum Gasteiger partial charge on any atom is -0.477 e. The molecule has 0 radical (unpaired) electrons. The number of carboxylic acids is 1. The van der Waals surface area contributed by atoms with E-state index >= 15 is 0 Å². The average molecular weight is 177 g/mol. The zero-order valence-corrected chi connectivity index (χ0v) is 6.34. The lowest BCUT2D eigenvalue weighted by Gasteiger charge is -1.95. The topological polar surface area (TPSA) is 105 Å². The number of primary amides is 1. The maximum atomic E-state index is 10.2. The van der Waals surface area contributed by atoms with Crippen LogP contribution < -0.4 is 11.2 Å². The summed E-state index contributed by atoms with van der Waals surface area (Å²) in [6.45, 7) is 0. The highest BCUT2D eigenvalue weighted by atomic mass is 32.1. The van der Waals surface area contributed by atoms with Crippen LogP contribution in [0, 0.1) is 0 Å². The molecule has 0 fully saturated rings. The molecule has 0 aliphatic rings. The number of hydrogen-bond donors (Lipinski definition) is 4. The quantitative estimate of drug-likeness (QED) is 0.253. The lowest BCUT2D eigenvalue weighted by atomic mass is 10.4. The van der Waals surface area contributed by atoms with Crippen molar-refractivity contribution >= 4 is 30.3 Å². The van der Waals surface area contributed by atoms with Crippen LogP contribution in [-0.2, 0) is 4.79 Å². The van der Waals surface area contributed by atoms with Gasteiger partial charge in [0.15, 0.2) is 5.71 Å². The van der Waals surface area contributed by atoms with Crippen molar-refractivity contribution in [3.05, 3.63) is 0 Å². The number of hydrazone groups is 1. The van der Waals surface area contributed by atoms with Crippen LogP contribution >= 0.6 is 12.6 Å². The van der Waals surface area contributed by atoms with E-state index in [0.717, 1.165) is 0 Å². The molecule has 7 heteroatoms. The third-order valence-corrected chi connectivity index (χ3v) is 0.997. The standard InChI is InChI=1S/C4H7N3O3S/c5-4(10)7-6-2(1-11)3(8)9/h11H,1H2,(H,8,9)(H3,5,7,10)/b6-2-. The van der Waals surface area contributed by atoms with Crippen molar-refractivity contribution in [1.29, 1.82) is 0 Å². The number of carbonyl (C=O) groups is 2. The number of aliphatic carboxylic acids is 1. The van der Waals surface area contributed by atoms with Gasteiger partial charge >= 0.3 is 12.0 Å². The van der Waals surface area contributed by atoms with E-state index in [1.807, 2.05) is 0 Å². The van der Waals surface area contributed by atoms with Gasteiger partial charge in [0.05, 0.1) is 0 Å². The van der Waals surface area contributed by atoms with Crippen LogP contribution in [-0.4, -0.2) is 28.6 Å². The summed E-state index contributed by atoms with van der Waals surface area (Å²) in [7, 11) is 0. The van der Waals surface area contributed by atoms with Gasteiger partial charge in [-0.2, -0.15) is 17.7 Å². The first kappa shape index (κ1) is 9.76. The van der Waals surface area contributed by atoms with Crippen LogP contribution in [0.4, 0.5) is 4.79 Å². The van der Waals surface area contributed by atoms with Crippen LogP contribution in [0.25, 0.3) is 0 Å². The van der Waals surface area contributed by atoms with Gasteiger partial charge in [-0.25, -0.2) is 15.0 Å². The highest BCUT2D eigenvalue weighted by molar-refractivity contribution is 7.81.